The number of hydrogen-bond donors (Lipinski definition) is 2. The predicted molar refractivity (Wildman–Crippen MR) is 69.5 cm³/mol. The number of thiocarbonyl (C=S) groups is 1. The van der Waals surface area contributed by atoms with Crippen molar-refractivity contribution in [2.24, 2.45) is 10.7 Å². The van der Waals surface area contributed by atoms with E-state index >= 15 is 0 Å². The molecule has 0 radical (unpaired) electrons. The van der Waals surface area contributed by atoms with Gasteiger partial charge in [-0.15, -0.1) is 6.58 Å². The monoisotopic (exact) mass is 237 g/mol. The first-order valence-corrected chi connectivity index (χ1v) is 5.22. The van der Waals surface area contributed by atoms with E-state index in [4.69, 9.17) is 18.0 Å². The van der Waals surface area contributed by atoms with Crippen LogP contribution < -0.4 is 11.1 Å². The highest BCUT2D eigenvalue weighted by Crippen LogP contribution is 2.00. The second kappa shape index (κ2) is 5.41. The molecule has 5 nitrogen and oxygen atoms in total. The van der Waals surface area contributed by atoms with E-state index in [1.54, 1.807) is 10.8 Å². The number of aromatic nitrogens is 2. The van der Waals surface area contributed by atoms with Gasteiger partial charge in [0.1, 0.15) is 0 Å². The fraction of sp³-hybridized carbons (Fsp3) is 0.300. The average molecular weight is 237 g/mol. The summed E-state index contributed by atoms with van der Waals surface area (Å²) < 4.78 is 1.55. The smallest absolute Gasteiger partial charge is 0.224 e. The standard InChI is InChI=1S/C10H15N5S/c1-4-5-12-10(16)13-9(11)15-8(3)6-7(2)14-15/h4,6H,1,5H2,2-3H3,(H3,11,12,13,16). The highest BCUT2D eigenvalue weighted by Gasteiger charge is 2.04. The Kier molecular flexibility index (Phi) is 4.19. The van der Waals surface area contributed by atoms with E-state index in [-0.39, 0.29) is 5.96 Å². The van der Waals surface area contributed by atoms with Gasteiger partial charge in [-0.1, -0.05) is 6.08 Å². The largest absolute Gasteiger partial charge is 0.368 e. The third kappa shape index (κ3) is 3.16. The number of hydrogen-bond acceptors (Lipinski definition) is 2. The van der Waals surface area contributed by atoms with Crippen LogP contribution in [0.15, 0.2) is 23.7 Å². The Labute approximate surface area is 100 Å². The Morgan fingerprint density at radius 1 is 1.75 bits per heavy atom. The molecule has 0 spiro atoms. The number of nitrogens with two attached hydrogens (primary N) is 1. The van der Waals surface area contributed by atoms with E-state index in [0.29, 0.717) is 11.7 Å². The summed E-state index contributed by atoms with van der Waals surface area (Å²) in [6.07, 6.45) is 1.70. The van der Waals surface area contributed by atoms with Crippen LogP contribution >= 0.6 is 12.2 Å². The second-order valence-corrected chi connectivity index (χ2v) is 3.67. The minimum Gasteiger partial charge on any atom is -0.368 e. The number of aliphatic imine (C=N–C) groups is 1. The lowest BCUT2D eigenvalue weighted by Crippen LogP contribution is -2.29. The number of nitrogens with zero attached hydrogens (tertiary/aromatic N) is 3. The second-order valence-electron chi connectivity index (χ2n) is 3.28. The van der Waals surface area contributed by atoms with E-state index in [1.807, 2.05) is 19.9 Å². The summed E-state index contributed by atoms with van der Waals surface area (Å²) >= 11 is 4.98. The first kappa shape index (κ1) is 12.4. The lowest BCUT2D eigenvalue weighted by atomic mass is 10.4. The van der Waals surface area contributed by atoms with Gasteiger partial charge in [0.05, 0.1) is 5.69 Å². The Hall–Kier alpha value is -1.69. The molecule has 0 aliphatic heterocycles. The van der Waals surface area contributed by atoms with Crippen molar-refractivity contribution in [2.75, 3.05) is 6.54 Å². The van der Waals surface area contributed by atoms with Crippen molar-refractivity contribution in [3.63, 3.8) is 0 Å². The van der Waals surface area contributed by atoms with Crippen LogP contribution in [0.5, 0.6) is 0 Å². The van der Waals surface area contributed by atoms with Gasteiger partial charge in [-0.2, -0.15) is 10.1 Å². The Morgan fingerprint density at radius 3 is 2.94 bits per heavy atom. The lowest BCUT2D eigenvalue weighted by Gasteiger charge is -2.04. The molecule has 1 aromatic rings. The van der Waals surface area contributed by atoms with Crippen LogP contribution in [0, 0.1) is 13.8 Å². The Bertz CT molecular complexity index is 432. The highest BCUT2D eigenvalue weighted by molar-refractivity contribution is 7.80. The van der Waals surface area contributed by atoms with Gasteiger partial charge < -0.3 is 11.1 Å². The number of aryl methyl sites for hydroxylation is 2. The minimum absolute atomic E-state index is 0.257. The van der Waals surface area contributed by atoms with Crippen molar-refractivity contribution in [1.29, 1.82) is 0 Å². The zero-order chi connectivity index (χ0) is 12.1. The summed E-state index contributed by atoms with van der Waals surface area (Å²) in [5.74, 6) is 0.257. The Balaban J connectivity index is 2.80. The summed E-state index contributed by atoms with van der Waals surface area (Å²) in [7, 11) is 0. The molecule has 1 rings (SSSR count). The summed E-state index contributed by atoms with van der Waals surface area (Å²) in [6, 6.07) is 1.92. The van der Waals surface area contributed by atoms with Crippen molar-refractivity contribution in [3.05, 3.63) is 30.1 Å². The maximum Gasteiger partial charge on any atom is 0.224 e. The molecule has 1 aromatic heterocycles. The van der Waals surface area contributed by atoms with Crippen molar-refractivity contribution in [3.8, 4) is 0 Å². The zero-order valence-electron chi connectivity index (χ0n) is 9.40. The van der Waals surface area contributed by atoms with Gasteiger partial charge in [0.15, 0.2) is 5.11 Å². The first-order chi connectivity index (χ1) is 7.54. The van der Waals surface area contributed by atoms with E-state index in [1.165, 1.54) is 0 Å². The van der Waals surface area contributed by atoms with Gasteiger partial charge >= 0.3 is 0 Å². The van der Waals surface area contributed by atoms with Gasteiger partial charge in [0, 0.05) is 12.2 Å². The van der Waals surface area contributed by atoms with Gasteiger partial charge in [-0.3, -0.25) is 0 Å². The summed E-state index contributed by atoms with van der Waals surface area (Å²) in [6.45, 7) is 7.93. The van der Waals surface area contributed by atoms with E-state index in [0.717, 1.165) is 11.4 Å². The molecule has 0 fully saturated rings. The van der Waals surface area contributed by atoms with Crippen LogP contribution in [0.1, 0.15) is 11.4 Å². The molecule has 1 heterocycles. The van der Waals surface area contributed by atoms with Crippen LogP contribution in [-0.4, -0.2) is 27.4 Å². The molecule has 0 bridgehead atoms. The molecular formula is C10H15N5S. The third-order valence-corrected chi connectivity index (χ3v) is 2.08. The number of rotatable bonds is 2. The summed E-state index contributed by atoms with van der Waals surface area (Å²) in [4.78, 5) is 4.03. The van der Waals surface area contributed by atoms with E-state index < -0.39 is 0 Å². The molecule has 0 unspecified atom stereocenters. The first-order valence-electron chi connectivity index (χ1n) is 4.81. The van der Waals surface area contributed by atoms with Gasteiger partial charge in [0.2, 0.25) is 5.96 Å². The van der Waals surface area contributed by atoms with Crippen LogP contribution in [0.3, 0.4) is 0 Å². The van der Waals surface area contributed by atoms with E-state index in [2.05, 4.69) is 22.0 Å². The lowest BCUT2D eigenvalue weighted by molar-refractivity contribution is 0.870. The van der Waals surface area contributed by atoms with Crippen molar-refractivity contribution < 1.29 is 0 Å². The maximum absolute atomic E-state index is 5.78. The fourth-order valence-electron chi connectivity index (χ4n) is 1.21. The van der Waals surface area contributed by atoms with E-state index in [9.17, 15) is 0 Å². The Morgan fingerprint density at radius 2 is 2.44 bits per heavy atom. The molecule has 6 heteroatoms. The highest BCUT2D eigenvalue weighted by atomic mass is 32.1. The predicted octanol–water partition coefficient (Wildman–Crippen LogP) is 0.723. The summed E-state index contributed by atoms with van der Waals surface area (Å²) in [5, 5.41) is 7.38. The molecule has 3 N–H and O–H groups in total. The normalized spacial score (nSPS) is 11.2. The molecule has 0 saturated carbocycles. The maximum atomic E-state index is 5.78. The molecule has 0 aromatic carbocycles. The van der Waals surface area contributed by atoms with Crippen molar-refractivity contribution in [1.82, 2.24) is 15.1 Å². The molecule has 16 heavy (non-hydrogen) atoms. The number of nitrogens with one attached hydrogen (secondary N) is 1. The molecular weight excluding hydrogens is 222 g/mol. The minimum atomic E-state index is 0.257. The molecule has 0 atom stereocenters. The fourth-order valence-corrected chi connectivity index (χ4v) is 1.39. The average Bonchev–Trinajstić information content (AvgIpc) is 2.54. The van der Waals surface area contributed by atoms with Gasteiger partial charge in [0.25, 0.3) is 0 Å². The third-order valence-electron chi connectivity index (χ3n) is 1.84. The van der Waals surface area contributed by atoms with Gasteiger partial charge in [-0.05, 0) is 32.1 Å². The SMILES string of the molecule is C=CCNC(=S)/N=C(\N)n1nc(C)cc1C. The molecule has 0 aliphatic rings. The van der Waals surface area contributed by atoms with Crippen LogP contribution in [0.25, 0.3) is 0 Å². The quantitative estimate of drug-likeness (QED) is 0.344. The van der Waals surface area contributed by atoms with Gasteiger partial charge in [-0.25, -0.2) is 4.68 Å². The molecule has 86 valence electrons. The van der Waals surface area contributed by atoms with Crippen molar-refractivity contribution >= 4 is 23.3 Å². The van der Waals surface area contributed by atoms with Crippen LogP contribution in [0.2, 0.25) is 0 Å². The molecule has 0 amide bonds. The van der Waals surface area contributed by atoms with Crippen molar-refractivity contribution in [2.45, 2.75) is 13.8 Å². The van der Waals surface area contributed by atoms with Crippen LogP contribution in [0.4, 0.5) is 0 Å². The van der Waals surface area contributed by atoms with Crippen LogP contribution in [-0.2, 0) is 0 Å². The molecule has 0 aliphatic carbocycles. The topological polar surface area (TPSA) is 68.2 Å². The summed E-state index contributed by atoms with van der Waals surface area (Å²) in [5.41, 5.74) is 7.59. The molecule has 0 saturated heterocycles. The zero-order valence-corrected chi connectivity index (χ0v) is 10.2.